The van der Waals surface area contributed by atoms with Gasteiger partial charge < -0.3 is 10.6 Å². The summed E-state index contributed by atoms with van der Waals surface area (Å²) in [6.45, 7) is 0.488. The molecule has 0 aliphatic rings. The summed E-state index contributed by atoms with van der Waals surface area (Å²) >= 11 is 1.64. The molecule has 0 bridgehead atoms. The van der Waals surface area contributed by atoms with E-state index in [0.717, 1.165) is 6.42 Å². The first-order valence-corrected chi connectivity index (χ1v) is 8.60. The van der Waals surface area contributed by atoms with E-state index in [2.05, 4.69) is 20.6 Å². The lowest BCUT2D eigenvalue weighted by Crippen LogP contribution is -2.28. The minimum absolute atomic E-state index is 0.0953. The average molecular weight is 352 g/mol. The number of carbonyl (C=O) groups excluding carboxylic acids is 2. The molecule has 25 heavy (non-hydrogen) atoms. The Morgan fingerprint density at radius 3 is 2.52 bits per heavy atom. The lowest BCUT2D eigenvalue weighted by molar-refractivity contribution is 0.0950. The topological polar surface area (TPSA) is 84.0 Å². The number of rotatable bonds is 6. The Morgan fingerprint density at radius 2 is 1.76 bits per heavy atom. The monoisotopic (exact) mass is 352 g/mol. The van der Waals surface area contributed by atoms with Crippen LogP contribution in [0.3, 0.4) is 0 Å². The molecular formula is C18H16N4O2S. The molecule has 3 rings (SSSR count). The second-order valence-corrected chi connectivity index (χ2v) is 6.19. The highest BCUT2D eigenvalue weighted by molar-refractivity contribution is 7.09. The fourth-order valence-electron chi connectivity index (χ4n) is 2.20. The molecule has 0 unspecified atom stereocenters. The fourth-order valence-corrected chi connectivity index (χ4v) is 2.91. The molecule has 7 heteroatoms. The number of amides is 2. The van der Waals surface area contributed by atoms with Gasteiger partial charge in [-0.05, 0) is 30.0 Å². The third kappa shape index (κ3) is 4.48. The Bertz CT molecular complexity index is 851. The first kappa shape index (κ1) is 16.8. The molecule has 0 atom stereocenters. The van der Waals surface area contributed by atoms with Gasteiger partial charge in [0.05, 0.1) is 0 Å². The normalized spacial score (nSPS) is 10.2. The van der Waals surface area contributed by atoms with Gasteiger partial charge in [-0.15, -0.1) is 11.3 Å². The maximum atomic E-state index is 12.4. The average Bonchev–Trinajstić information content (AvgIpc) is 3.16. The third-order valence-corrected chi connectivity index (χ3v) is 4.35. The second kappa shape index (κ2) is 8.16. The fraction of sp³-hybridized carbons (Fsp3) is 0.111. The van der Waals surface area contributed by atoms with Gasteiger partial charge in [-0.25, -0.2) is 9.97 Å². The second-order valence-electron chi connectivity index (χ2n) is 5.16. The summed E-state index contributed by atoms with van der Waals surface area (Å²) in [5.41, 5.74) is 0.579. The summed E-state index contributed by atoms with van der Waals surface area (Å²) in [5.74, 6) is -0.563. The van der Waals surface area contributed by atoms with Gasteiger partial charge in [0.15, 0.2) is 11.5 Å². The molecule has 0 aliphatic carbocycles. The molecule has 0 fully saturated rings. The van der Waals surface area contributed by atoms with Crippen molar-refractivity contribution < 1.29 is 9.59 Å². The van der Waals surface area contributed by atoms with E-state index in [1.165, 1.54) is 17.3 Å². The summed E-state index contributed by atoms with van der Waals surface area (Å²) in [4.78, 5) is 33.9. The lowest BCUT2D eigenvalue weighted by atomic mass is 10.2. The van der Waals surface area contributed by atoms with Gasteiger partial charge in [-0.3, -0.25) is 9.59 Å². The first-order chi connectivity index (χ1) is 12.2. The molecule has 0 aliphatic heterocycles. The van der Waals surface area contributed by atoms with E-state index in [4.69, 9.17) is 0 Å². The van der Waals surface area contributed by atoms with Crippen LogP contribution in [0.15, 0.2) is 60.2 Å². The summed E-state index contributed by atoms with van der Waals surface area (Å²) in [6, 6.07) is 12.7. The maximum Gasteiger partial charge on any atom is 0.273 e. The van der Waals surface area contributed by atoms with Crippen LogP contribution < -0.4 is 10.6 Å². The van der Waals surface area contributed by atoms with E-state index >= 15 is 0 Å². The number of hydrogen-bond acceptors (Lipinski definition) is 5. The number of benzene rings is 1. The van der Waals surface area contributed by atoms with Crippen LogP contribution in [-0.4, -0.2) is 28.3 Å². The van der Waals surface area contributed by atoms with Crippen molar-refractivity contribution >= 4 is 29.0 Å². The largest absolute Gasteiger partial charge is 0.350 e. The van der Waals surface area contributed by atoms with Crippen molar-refractivity contribution in [3.05, 3.63) is 76.4 Å². The van der Waals surface area contributed by atoms with Crippen LogP contribution in [0.1, 0.15) is 25.7 Å². The minimum atomic E-state index is -0.368. The highest BCUT2D eigenvalue weighted by atomic mass is 32.1. The molecule has 0 spiro atoms. The Balaban J connectivity index is 1.65. The van der Waals surface area contributed by atoms with E-state index in [1.54, 1.807) is 35.6 Å². The molecule has 6 nitrogen and oxygen atoms in total. The molecule has 1 aromatic carbocycles. The van der Waals surface area contributed by atoms with Crippen LogP contribution in [0.25, 0.3) is 0 Å². The summed E-state index contributed by atoms with van der Waals surface area (Å²) in [7, 11) is 0. The third-order valence-electron chi connectivity index (χ3n) is 3.42. The molecule has 0 saturated heterocycles. The number of anilines is 1. The van der Waals surface area contributed by atoms with E-state index < -0.39 is 0 Å². The summed E-state index contributed by atoms with van der Waals surface area (Å²) < 4.78 is 0. The molecule has 0 radical (unpaired) electrons. The van der Waals surface area contributed by atoms with E-state index in [1.807, 2.05) is 23.6 Å². The van der Waals surface area contributed by atoms with Crippen LogP contribution in [0.2, 0.25) is 0 Å². The maximum absolute atomic E-state index is 12.4. The van der Waals surface area contributed by atoms with Crippen molar-refractivity contribution in [1.29, 1.82) is 0 Å². The number of carbonyl (C=O) groups is 2. The van der Waals surface area contributed by atoms with Crippen molar-refractivity contribution in [2.45, 2.75) is 6.42 Å². The van der Waals surface area contributed by atoms with E-state index in [9.17, 15) is 9.59 Å². The number of thiophene rings is 1. The highest BCUT2D eigenvalue weighted by Gasteiger charge is 2.16. The molecule has 2 aromatic heterocycles. The molecular weight excluding hydrogens is 336 g/mol. The Labute approximate surface area is 149 Å². The molecule has 2 N–H and O–H groups in total. The van der Waals surface area contributed by atoms with Gasteiger partial charge in [0.1, 0.15) is 0 Å². The first-order valence-electron chi connectivity index (χ1n) is 7.72. The van der Waals surface area contributed by atoms with Crippen molar-refractivity contribution in [1.82, 2.24) is 15.3 Å². The quantitative estimate of drug-likeness (QED) is 0.714. The Morgan fingerprint density at radius 1 is 0.960 bits per heavy atom. The van der Waals surface area contributed by atoms with Crippen molar-refractivity contribution in [3.8, 4) is 0 Å². The SMILES string of the molecule is O=C(Nc1nccnc1C(=O)NCCc1cccs1)c1ccccc1. The molecule has 0 saturated carbocycles. The lowest BCUT2D eigenvalue weighted by Gasteiger charge is -2.09. The van der Waals surface area contributed by atoms with Crippen LogP contribution in [-0.2, 0) is 6.42 Å². The number of nitrogens with zero attached hydrogens (tertiary/aromatic N) is 2. The van der Waals surface area contributed by atoms with Gasteiger partial charge in [-0.1, -0.05) is 24.3 Å². The highest BCUT2D eigenvalue weighted by Crippen LogP contribution is 2.11. The molecule has 2 heterocycles. The van der Waals surface area contributed by atoms with Crippen LogP contribution >= 0.6 is 11.3 Å². The van der Waals surface area contributed by atoms with E-state index in [0.29, 0.717) is 12.1 Å². The van der Waals surface area contributed by atoms with Crippen molar-refractivity contribution in [3.63, 3.8) is 0 Å². The Kier molecular flexibility index (Phi) is 5.48. The number of nitrogens with one attached hydrogen (secondary N) is 2. The zero-order valence-corrected chi connectivity index (χ0v) is 14.1. The zero-order chi connectivity index (χ0) is 17.5. The van der Waals surface area contributed by atoms with Gasteiger partial charge in [0, 0.05) is 29.4 Å². The number of aromatic nitrogens is 2. The Hall–Kier alpha value is -3.06. The smallest absolute Gasteiger partial charge is 0.273 e. The van der Waals surface area contributed by atoms with Gasteiger partial charge in [0.25, 0.3) is 11.8 Å². The van der Waals surface area contributed by atoms with Crippen molar-refractivity contribution in [2.24, 2.45) is 0 Å². The van der Waals surface area contributed by atoms with Crippen molar-refractivity contribution in [2.75, 3.05) is 11.9 Å². The van der Waals surface area contributed by atoms with Gasteiger partial charge in [0.2, 0.25) is 0 Å². The van der Waals surface area contributed by atoms with Crippen LogP contribution in [0, 0.1) is 0 Å². The summed E-state index contributed by atoms with van der Waals surface area (Å²) in [5, 5.41) is 7.44. The predicted molar refractivity (Wildman–Crippen MR) is 96.8 cm³/mol. The molecule has 2 amide bonds. The molecule has 126 valence electrons. The van der Waals surface area contributed by atoms with Crippen LogP contribution in [0.4, 0.5) is 5.82 Å². The van der Waals surface area contributed by atoms with Gasteiger partial charge in [-0.2, -0.15) is 0 Å². The zero-order valence-electron chi connectivity index (χ0n) is 13.3. The predicted octanol–water partition coefficient (Wildman–Crippen LogP) is 2.76. The van der Waals surface area contributed by atoms with Gasteiger partial charge >= 0.3 is 0 Å². The summed E-state index contributed by atoms with van der Waals surface area (Å²) in [6.07, 6.45) is 3.60. The van der Waals surface area contributed by atoms with E-state index in [-0.39, 0.29) is 23.3 Å². The molecule has 3 aromatic rings. The number of hydrogen-bond donors (Lipinski definition) is 2. The van der Waals surface area contributed by atoms with Crippen LogP contribution in [0.5, 0.6) is 0 Å². The standard InChI is InChI=1S/C18H16N4O2S/c23-17(13-5-2-1-3-6-13)22-16-15(19-10-11-20-16)18(24)21-9-8-14-7-4-12-25-14/h1-7,10-12H,8-9H2,(H,21,24)(H,20,22,23). The minimum Gasteiger partial charge on any atom is -0.350 e.